The van der Waals surface area contributed by atoms with E-state index >= 15 is 0 Å². The van der Waals surface area contributed by atoms with Gasteiger partial charge in [0.15, 0.2) is 0 Å². The predicted octanol–water partition coefficient (Wildman–Crippen LogP) is 3.22. The van der Waals surface area contributed by atoms with Crippen molar-refractivity contribution < 1.29 is 19.1 Å². The molecule has 3 N–H and O–H groups in total. The average molecular weight is 357 g/mol. The predicted molar refractivity (Wildman–Crippen MR) is 98.8 cm³/mol. The summed E-state index contributed by atoms with van der Waals surface area (Å²) in [6.07, 6.45) is 12.3. The molecule has 25 heavy (non-hydrogen) atoms. The summed E-state index contributed by atoms with van der Waals surface area (Å²) in [5, 5.41) is 2.50. The smallest absolute Gasteiger partial charge is 0.328 e. The van der Waals surface area contributed by atoms with Gasteiger partial charge in [0.2, 0.25) is 11.8 Å². The van der Waals surface area contributed by atoms with Crippen LogP contribution in [-0.2, 0) is 19.1 Å². The van der Waals surface area contributed by atoms with Gasteiger partial charge in [0.1, 0.15) is 6.04 Å². The van der Waals surface area contributed by atoms with Crippen molar-refractivity contribution in [2.24, 2.45) is 5.73 Å². The van der Waals surface area contributed by atoms with Crippen molar-refractivity contribution in [3.63, 3.8) is 0 Å². The van der Waals surface area contributed by atoms with Crippen LogP contribution in [0.1, 0.15) is 90.9 Å². The van der Waals surface area contributed by atoms with Crippen LogP contribution in [0.25, 0.3) is 0 Å². The maximum absolute atomic E-state index is 12.0. The molecule has 6 heteroatoms. The van der Waals surface area contributed by atoms with Crippen molar-refractivity contribution in [2.75, 3.05) is 6.61 Å². The summed E-state index contributed by atoms with van der Waals surface area (Å²) >= 11 is 0. The second-order valence-corrected chi connectivity index (χ2v) is 6.61. The maximum Gasteiger partial charge on any atom is 0.328 e. The van der Waals surface area contributed by atoms with Crippen LogP contribution >= 0.6 is 0 Å². The maximum atomic E-state index is 12.0. The quantitative estimate of drug-likeness (QED) is 0.328. The molecule has 0 aromatic carbocycles. The summed E-state index contributed by atoms with van der Waals surface area (Å²) < 4.78 is 5.20. The zero-order chi connectivity index (χ0) is 18.9. The molecule has 0 rings (SSSR count). The molecule has 0 aliphatic carbocycles. The van der Waals surface area contributed by atoms with Crippen molar-refractivity contribution in [1.82, 2.24) is 5.32 Å². The third-order valence-electron chi connectivity index (χ3n) is 4.08. The van der Waals surface area contributed by atoms with E-state index in [0.29, 0.717) is 6.61 Å². The van der Waals surface area contributed by atoms with Gasteiger partial charge in [-0.25, -0.2) is 4.79 Å². The lowest BCUT2D eigenvalue weighted by Crippen LogP contribution is -2.41. The Morgan fingerprint density at radius 2 is 1.44 bits per heavy atom. The summed E-state index contributed by atoms with van der Waals surface area (Å²) in [5.41, 5.74) is 5.08. The Hall–Kier alpha value is -1.59. The van der Waals surface area contributed by atoms with Crippen LogP contribution < -0.4 is 11.1 Å². The van der Waals surface area contributed by atoms with Gasteiger partial charge in [-0.2, -0.15) is 0 Å². The molecule has 0 unspecified atom stereocenters. The van der Waals surface area contributed by atoms with Crippen LogP contribution in [0.15, 0.2) is 0 Å². The first-order chi connectivity index (χ1) is 12.0. The zero-order valence-corrected chi connectivity index (χ0v) is 16.0. The van der Waals surface area contributed by atoms with Crippen LogP contribution in [0.5, 0.6) is 0 Å². The van der Waals surface area contributed by atoms with Gasteiger partial charge in [-0.1, -0.05) is 64.7 Å². The van der Waals surface area contributed by atoms with Crippen LogP contribution in [-0.4, -0.2) is 30.4 Å². The molecule has 0 aliphatic rings. The van der Waals surface area contributed by atoms with Crippen molar-refractivity contribution in [1.29, 1.82) is 0 Å². The molecular formula is C19H36N2O4. The van der Waals surface area contributed by atoms with E-state index in [-0.39, 0.29) is 18.7 Å². The molecule has 0 aliphatic heterocycles. The third-order valence-corrected chi connectivity index (χ3v) is 4.08. The summed E-state index contributed by atoms with van der Waals surface area (Å²) in [5.74, 6) is -1.32. The zero-order valence-electron chi connectivity index (χ0n) is 16.0. The van der Waals surface area contributed by atoms with Gasteiger partial charge in [0.25, 0.3) is 0 Å². The third kappa shape index (κ3) is 15.7. The fraction of sp³-hybridized carbons (Fsp3) is 0.842. The first-order valence-corrected chi connectivity index (χ1v) is 9.69. The number of primary amides is 1. The Balaban J connectivity index is 3.70. The van der Waals surface area contributed by atoms with E-state index in [2.05, 4.69) is 12.2 Å². The fourth-order valence-electron chi connectivity index (χ4n) is 2.64. The number of nitrogens with two attached hydrogens (primary N) is 1. The molecule has 6 nitrogen and oxygen atoms in total. The van der Waals surface area contributed by atoms with Crippen LogP contribution in [0, 0.1) is 0 Å². The number of amides is 2. The van der Waals surface area contributed by atoms with Crippen LogP contribution in [0.2, 0.25) is 0 Å². The topological polar surface area (TPSA) is 98.5 Å². The van der Waals surface area contributed by atoms with E-state index < -0.39 is 17.9 Å². The Morgan fingerprint density at radius 3 is 1.92 bits per heavy atom. The van der Waals surface area contributed by atoms with Crippen LogP contribution in [0.4, 0.5) is 0 Å². The minimum atomic E-state index is -0.798. The molecule has 146 valence electrons. The van der Waals surface area contributed by atoms with Gasteiger partial charge in [0, 0.05) is 13.3 Å². The lowest BCUT2D eigenvalue weighted by atomic mass is 10.1. The Bertz CT molecular complexity index is 386. The summed E-state index contributed by atoms with van der Waals surface area (Å²) in [6, 6.07) is -0.798. The number of hydrogen-bond donors (Lipinski definition) is 2. The van der Waals surface area contributed by atoms with E-state index in [4.69, 9.17) is 10.5 Å². The normalized spacial score (nSPS) is 11.8. The molecule has 0 aromatic rings. The van der Waals surface area contributed by atoms with Crippen molar-refractivity contribution in [3.8, 4) is 0 Å². The molecule has 0 spiro atoms. The van der Waals surface area contributed by atoms with Crippen molar-refractivity contribution >= 4 is 17.8 Å². The monoisotopic (exact) mass is 356 g/mol. The molecule has 0 bridgehead atoms. The van der Waals surface area contributed by atoms with Gasteiger partial charge in [0.05, 0.1) is 6.61 Å². The van der Waals surface area contributed by atoms with Gasteiger partial charge in [-0.05, 0) is 12.8 Å². The van der Waals surface area contributed by atoms with E-state index in [1.165, 1.54) is 51.9 Å². The van der Waals surface area contributed by atoms with Gasteiger partial charge in [-0.15, -0.1) is 0 Å². The number of unbranched alkanes of at least 4 members (excludes halogenated alkanes) is 9. The second-order valence-electron chi connectivity index (χ2n) is 6.61. The Morgan fingerprint density at radius 1 is 0.920 bits per heavy atom. The number of esters is 1. The van der Waals surface area contributed by atoms with E-state index in [0.717, 1.165) is 19.3 Å². The molecule has 1 atom stereocenters. The number of ether oxygens (including phenoxy) is 1. The standard InChI is InChI=1S/C19H36N2O4/c1-3-4-5-6-7-8-9-10-11-12-15-25-19(24)17(21-16(2)22)13-14-18(20)23/h17H,3-15H2,1-2H3,(H2,20,23)(H,21,22)/t17-/m0/s1. The summed E-state index contributed by atoms with van der Waals surface area (Å²) in [4.78, 5) is 33.9. The number of rotatable bonds is 16. The number of carbonyl (C=O) groups excluding carboxylic acids is 3. The molecule has 0 aromatic heterocycles. The summed E-state index contributed by atoms with van der Waals surface area (Å²) in [7, 11) is 0. The van der Waals surface area contributed by atoms with Gasteiger partial charge >= 0.3 is 5.97 Å². The molecule has 2 amide bonds. The molecule has 0 heterocycles. The molecule has 0 saturated heterocycles. The number of carbonyl (C=O) groups is 3. The SMILES string of the molecule is CCCCCCCCCCCCOC(=O)[C@H](CCC(N)=O)NC(C)=O. The highest BCUT2D eigenvalue weighted by Gasteiger charge is 2.21. The number of nitrogens with one attached hydrogen (secondary N) is 1. The van der Waals surface area contributed by atoms with Crippen molar-refractivity contribution in [3.05, 3.63) is 0 Å². The van der Waals surface area contributed by atoms with Gasteiger partial charge in [-0.3, -0.25) is 9.59 Å². The summed E-state index contributed by atoms with van der Waals surface area (Å²) in [6.45, 7) is 3.90. The highest BCUT2D eigenvalue weighted by Crippen LogP contribution is 2.10. The molecular weight excluding hydrogens is 320 g/mol. The molecule has 0 fully saturated rings. The first-order valence-electron chi connectivity index (χ1n) is 9.69. The highest BCUT2D eigenvalue weighted by atomic mass is 16.5. The average Bonchev–Trinajstić information content (AvgIpc) is 2.55. The Kier molecular flexibility index (Phi) is 14.9. The van der Waals surface area contributed by atoms with E-state index in [1.807, 2.05) is 0 Å². The first kappa shape index (κ1) is 23.4. The number of hydrogen-bond acceptors (Lipinski definition) is 4. The van der Waals surface area contributed by atoms with E-state index in [9.17, 15) is 14.4 Å². The van der Waals surface area contributed by atoms with Crippen molar-refractivity contribution in [2.45, 2.75) is 96.9 Å². The molecule has 0 radical (unpaired) electrons. The second kappa shape index (κ2) is 15.9. The lowest BCUT2D eigenvalue weighted by molar-refractivity contribution is -0.148. The largest absolute Gasteiger partial charge is 0.464 e. The Labute approximate surface area is 152 Å². The minimum absolute atomic E-state index is 0.0400. The highest BCUT2D eigenvalue weighted by molar-refractivity contribution is 5.84. The van der Waals surface area contributed by atoms with E-state index in [1.54, 1.807) is 0 Å². The fourth-order valence-corrected chi connectivity index (χ4v) is 2.64. The van der Waals surface area contributed by atoms with Gasteiger partial charge < -0.3 is 15.8 Å². The molecule has 0 saturated carbocycles. The lowest BCUT2D eigenvalue weighted by Gasteiger charge is -2.16. The van der Waals surface area contributed by atoms with Crippen LogP contribution in [0.3, 0.4) is 0 Å². The minimum Gasteiger partial charge on any atom is -0.464 e.